The minimum absolute atomic E-state index is 0. The number of aliphatic hydroxyl groups is 1. The maximum Gasteiger partial charge on any atom is 1.00 e. The van der Waals surface area contributed by atoms with Crippen LogP contribution in [0.25, 0.3) is 74.2 Å². The fourth-order valence-electron chi connectivity index (χ4n) is 10.3. The van der Waals surface area contributed by atoms with Crippen LogP contribution in [0.15, 0.2) is 174 Å². The molecule has 0 aliphatic carbocycles. The summed E-state index contributed by atoms with van der Waals surface area (Å²) in [5.74, 6) is 0. The van der Waals surface area contributed by atoms with Crippen LogP contribution in [0.1, 0.15) is 122 Å². The summed E-state index contributed by atoms with van der Waals surface area (Å²) >= 11 is 36.1. The molecule has 9 aromatic carbocycles. The zero-order valence-electron chi connectivity index (χ0n) is 68.3. The number of nitro groups is 1. The van der Waals surface area contributed by atoms with Gasteiger partial charge in [0.15, 0.2) is 20.5 Å². The van der Waals surface area contributed by atoms with Gasteiger partial charge >= 0.3 is 61.0 Å². The number of thiazole rings is 4. The third kappa shape index (κ3) is 31.7. The molecule has 7 N–H and O–H groups in total. The number of carbonyl (C=O) groups excluding carboxylic acids is 6. The van der Waals surface area contributed by atoms with E-state index in [1.54, 1.807) is 129 Å². The van der Waals surface area contributed by atoms with Crippen molar-refractivity contribution in [3.8, 4) is 33.4 Å². The van der Waals surface area contributed by atoms with Gasteiger partial charge in [0.25, 0.3) is 5.69 Å². The van der Waals surface area contributed by atoms with Crippen molar-refractivity contribution in [2.45, 2.75) is 124 Å². The van der Waals surface area contributed by atoms with Crippen LogP contribution in [-0.4, -0.2) is 115 Å². The van der Waals surface area contributed by atoms with Gasteiger partial charge in [-0.3, -0.25) is 41.0 Å². The predicted molar refractivity (Wildman–Crippen MR) is 492 cm³/mol. The Bertz CT molecular complexity index is 5660. The van der Waals surface area contributed by atoms with Gasteiger partial charge in [0.1, 0.15) is 35.0 Å². The second-order valence-electron chi connectivity index (χ2n) is 29.4. The smallest absolute Gasteiger partial charge is 1.00 e. The molecule has 13 aromatic rings. The Balaban J connectivity index is 0.000000265. The standard InChI is InChI=1S/C19H18BrClN2O2S.C19H19ClN2O3S.C19H17ClN2O3S.C13H13BrN2O3S.C7H7NO2.C6H6BClO2.B.Na.H/c1-19(2,3)25-18(24)23-17-22-16-14(12-5-4-6-13(21)9-12)7-11(10-20)8-15(16)26-17;2*1-19(2,3)25-18(24)22-17-21-16-14(12-5-4-6-13(20)9-12)7-11(10-23)8-15(16)26-17;1-13(2,3)19-12(18)16-11-15-10-8(14)4-7(6-17)5-9(10)20-11;1-6-2-4-7(5-3-6)8(9)10;8-6-3-1-2-5(4-6)7(9)10;;;/h4-9H,10H2,1-3H3,(H,22,23,24);4-9,23H,10H2,1-3H3,(H,21,22,24);4-10H,1-3H3,(H,21,22,24);4-6H,1-3H3,(H,15,16,18);2-5H,1H3;1-4,9-10H;;;/q;;;;;;;+1;-1. The fraction of sp³-hybridized carbons (Fsp3) is 0.229. The normalized spacial score (nSPS) is 10.9. The van der Waals surface area contributed by atoms with E-state index in [1.807, 2.05) is 100 Å². The van der Waals surface area contributed by atoms with Gasteiger partial charge in [0.05, 0.1) is 52.4 Å². The van der Waals surface area contributed by atoms with Crippen LogP contribution in [0.5, 0.6) is 0 Å². The van der Waals surface area contributed by atoms with Gasteiger partial charge < -0.3 is 35.5 Å². The summed E-state index contributed by atoms with van der Waals surface area (Å²) in [7, 11) is -1.43. The molecule has 0 bridgehead atoms. The Hall–Kier alpha value is -8.51. The number of aryl methyl sites for hydroxylation is 1. The van der Waals surface area contributed by atoms with Crippen LogP contribution in [0.4, 0.5) is 45.4 Å². The number of benzene rings is 9. The Morgan fingerprint density at radius 1 is 0.483 bits per heavy atom. The maximum atomic E-state index is 12.0. The molecule has 24 nitrogen and oxygen atoms in total. The van der Waals surface area contributed by atoms with Gasteiger partial charge in [-0.1, -0.05) is 174 Å². The number of alkyl halides is 1. The summed E-state index contributed by atoms with van der Waals surface area (Å²) in [5, 5.41) is 52.5. The number of amides is 4. The average Bonchev–Trinajstić information content (AvgIpc) is 1.67. The summed E-state index contributed by atoms with van der Waals surface area (Å²) in [6.07, 6.45) is -0.636. The summed E-state index contributed by atoms with van der Waals surface area (Å²) < 4.78 is 25.2. The van der Waals surface area contributed by atoms with E-state index in [2.05, 4.69) is 85.2 Å². The number of ether oxygens (including phenoxy) is 4. The summed E-state index contributed by atoms with van der Waals surface area (Å²) in [5.41, 5.74) is 10.5. The van der Waals surface area contributed by atoms with Crippen LogP contribution in [0, 0.1) is 17.0 Å². The van der Waals surface area contributed by atoms with E-state index in [9.17, 15) is 44.0 Å². The van der Waals surface area contributed by atoms with Crippen molar-refractivity contribution < 1.29 is 98.8 Å². The molecular formula is C83H81B2Br2Cl4N9NaO15S4. The van der Waals surface area contributed by atoms with Gasteiger partial charge in [-0.2, -0.15) is 0 Å². The van der Waals surface area contributed by atoms with E-state index in [4.69, 9.17) is 75.4 Å². The molecule has 4 amide bonds. The first kappa shape index (κ1) is 100. The molecule has 120 heavy (non-hydrogen) atoms. The number of aldehydes is 2. The number of carbonyl (C=O) groups is 6. The zero-order valence-corrected chi connectivity index (χ0v) is 78.7. The van der Waals surface area contributed by atoms with Crippen molar-refractivity contribution in [1.82, 2.24) is 19.9 Å². The molecule has 13 rings (SSSR count). The topological polar surface area (TPSA) is 343 Å². The number of hydrogen-bond donors (Lipinski definition) is 7. The van der Waals surface area contributed by atoms with E-state index in [0.29, 0.717) is 72.7 Å². The number of rotatable bonds is 13. The molecular weight excluding hydrogens is 1840 g/mol. The van der Waals surface area contributed by atoms with Crippen molar-refractivity contribution >= 4 is 249 Å². The molecule has 0 aliphatic heterocycles. The predicted octanol–water partition coefficient (Wildman–Crippen LogP) is 21.0. The Morgan fingerprint density at radius 2 is 0.800 bits per heavy atom. The van der Waals surface area contributed by atoms with Crippen molar-refractivity contribution in [3.63, 3.8) is 0 Å². The Labute approximate surface area is 771 Å². The number of hydrogen-bond acceptors (Lipinski definition) is 23. The van der Waals surface area contributed by atoms with Gasteiger partial charge in [0.2, 0.25) is 0 Å². The number of aliphatic hydroxyl groups excluding tert-OH is 1. The van der Waals surface area contributed by atoms with Crippen molar-refractivity contribution in [3.05, 3.63) is 232 Å². The average molecular weight is 1920 g/mol. The molecule has 0 aliphatic rings. The molecule has 0 saturated heterocycles. The molecule has 0 spiro atoms. The van der Waals surface area contributed by atoms with Crippen LogP contribution in [0.3, 0.4) is 0 Å². The number of nitro benzene ring substituents is 1. The third-order valence-corrected chi connectivity index (χ3v) is 20.8. The van der Waals surface area contributed by atoms with Crippen LogP contribution < -0.4 is 56.3 Å². The number of nitrogens with zero attached hydrogens (tertiary/aromatic N) is 5. The van der Waals surface area contributed by atoms with Gasteiger partial charge in [-0.15, -0.1) is 0 Å². The summed E-state index contributed by atoms with van der Waals surface area (Å²) in [6, 6.07) is 50.1. The third-order valence-electron chi connectivity index (χ3n) is 14.9. The SMILES string of the molecule is CC(C)(C)OC(=O)Nc1nc2c(-c3cccc(Cl)c3)cc(C=O)cc2s1.CC(C)(C)OC(=O)Nc1nc2c(-c3cccc(Cl)c3)cc(CBr)cc2s1.CC(C)(C)OC(=O)Nc1nc2c(-c3cccc(Cl)c3)cc(CO)cc2s1.CC(C)(C)OC(=O)Nc1nc2c(Br)cc(C=O)cc2s1.Cc1ccc([N+](=O)[O-])cc1.OB(O)c1cccc(Cl)c1.[B].[H-].[Na+]. The first-order valence-corrected chi connectivity index (χ1v) is 42.2. The van der Waals surface area contributed by atoms with Crippen LogP contribution in [-0.2, 0) is 30.9 Å². The van der Waals surface area contributed by atoms with Crippen LogP contribution >= 0.6 is 124 Å². The molecule has 0 unspecified atom stereocenters. The van der Waals surface area contributed by atoms with E-state index in [0.717, 1.165) is 97.8 Å². The number of aromatic nitrogens is 4. The first-order chi connectivity index (χ1) is 55.4. The number of fused-ring (bicyclic) bond motifs is 4. The maximum absolute atomic E-state index is 12.0. The quantitative estimate of drug-likeness (QED) is 0.0141. The second kappa shape index (κ2) is 45.0. The number of nitrogens with one attached hydrogen (secondary N) is 4. The molecule has 621 valence electrons. The minimum Gasteiger partial charge on any atom is -1.00 e. The largest absolute Gasteiger partial charge is 1.00 e. The molecule has 4 aromatic heterocycles. The number of non-ortho nitro benzene ring substituents is 1. The van der Waals surface area contributed by atoms with Crippen molar-refractivity contribution in [2.24, 2.45) is 0 Å². The summed E-state index contributed by atoms with van der Waals surface area (Å²) in [6.45, 7) is 23.4. The Kier molecular flexibility index (Phi) is 37.6. The summed E-state index contributed by atoms with van der Waals surface area (Å²) in [4.78, 5) is 97.5. The van der Waals surface area contributed by atoms with E-state index >= 15 is 0 Å². The molecule has 3 radical (unpaired) electrons. The van der Waals surface area contributed by atoms with E-state index in [-0.39, 0.29) is 51.7 Å². The zero-order chi connectivity index (χ0) is 86.7. The monoisotopic (exact) mass is 1910 g/mol. The van der Waals surface area contributed by atoms with Crippen molar-refractivity contribution in [2.75, 3.05) is 21.3 Å². The van der Waals surface area contributed by atoms with Crippen LogP contribution in [0.2, 0.25) is 20.1 Å². The molecule has 0 fully saturated rings. The van der Waals surface area contributed by atoms with Crippen molar-refractivity contribution in [1.29, 1.82) is 0 Å². The molecule has 4 heterocycles. The Morgan fingerprint density at radius 3 is 1.12 bits per heavy atom. The fourth-order valence-corrected chi connectivity index (χ4v) is 15.8. The molecule has 0 saturated carbocycles. The molecule has 37 heteroatoms. The van der Waals surface area contributed by atoms with E-state index < -0.39 is 58.8 Å². The molecule has 0 atom stereocenters. The van der Waals surface area contributed by atoms with E-state index in [1.165, 1.54) is 63.5 Å². The minimum atomic E-state index is -1.43. The second-order valence-corrected chi connectivity index (χ2v) is 36.7. The first-order valence-electron chi connectivity index (χ1n) is 35.5. The van der Waals surface area contributed by atoms with Gasteiger partial charge in [-0.05, 0) is 236 Å². The van der Waals surface area contributed by atoms with Gasteiger partial charge in [0, 0.05) is 78.3 Å². The number of halogens is 6. The van der Waals surface area contributed by atoms with Gasteiger partial charge in [-0.25, -0.2) is 39.1 Å². The number of anilines is 4.